The second-order valence-corrected chi connectivity index (χ2v) is 9.48. The molecule has 8 nitrogen and oxygen atoms in total. The SMILES string of the molecule is CC(C)(C)OC(=O)N1[C@H](CCC(=O)N2C(=O)OC[C@@H]2Cc2ccccc2)COC1(C)C. The molecule has 0 bridgehead atoms. The number of ether oxygens (including phenoxy) is 3. The van der Waals surface area contributed by atoms with Crippen LogP contribution in [0.15, 0.2) is 30.3 Å². The van der Waals surface area contributed by atoms with Crippen LogP contribution < -0.4 is 0 Å². The smallest absolute Gasteiger partial charge is 0.416 e. The van der Waals surface area contributed by atoms with Crippen LogP contribution in [-0.4, -0.2) is 64.5 Å². The molecule has 2 aliphatic heterocycles. The summed E-state index contributed by atoms with van der Waals surface area (Å²) in [5, 5.41) is 0. The summed E-state index contributed by atoms with van der Waals surface area (Å²) < 4.78 is 16.5. The minimum absolute atomic E-state index is 0.101. The van der Waals surface area contributed by atoms with Crippen molar-refractivity contribution >= 4 is 18.1 Å². The first kappa shape index (κ1) is 23.1. The average Bonchev–Trinajstić information content (AvgIpc) is 3.18. The van der Waals surface area contributed by atoms with E-state index in [1.54, 1.807) is 39.5 Å². The van der Waals surface area contributed by atoms with E-state index in [2.05, 4.69) is 0 Å². The molecule has 170 valence electrons. The lowest BCUT2D eigenvalue weighted by atomic mass is 10.0. The topological polar surface area (TPSA) is 85.4 Å². The first-order chi connectivity index (χ1) is 14.5. The van der Waals surface area contributed by atoms with Gasteiger partial charge in [-0.25, -0.2) is 14.5 Å². The van der Waals surface area contributed by atoms with Gasteiger partial charge < -0.3 is 14.2 Å². The molecule has 2 saturated heterocycles. The van der Waals surface area contributed by atoms with Gasteiger partial charge in [0.2, 0.25) is 5.91 Å². The molecule has 3 rings (SSSR count). The molecule has 0 aromatic heterocycles. The molecular formula is C23H32N2O6. The van der Waals surface area contributed by atoms with Gasteiger partial charge in [0.15, 0.2) is 0 Å². The maximum atomic E-state index is 12.9. The summed E-state index contributed by atoms with van der Waals surface area (Å²) in [6.45, 7) is 9.50. The Balaban J connectivity index is 1.64. The second-order valence-electron chi connectivity index (χ2n) is 9.48. The molecule has 0 spiro atoms. The van der Waals surface area contributed by atoms with Crippen LogP contribution in [0.1, 0.15) is 53.0 Å². The highest BCUT2D eigenvalue weighted by Crippen LogP contribution is 2.32. The van der Waals surface area contributed by atoms with Crippen molar-refractivity contribution in [3.8, 4) is 0 Å². The molecule has 2 heterocycles. The van der Waals surface area contributed by atoms with E-state index in [1.165, 1.54) is 4.90 Å². The lowest BCUT2D eigenvalue weighted by Gasteiger charge is -2.35. The van der Waals surface area contributed by atoms with Gasteiger partial charge in [-0.15, -0.1) is 0 Å². The third-order valence-corrected chi connectivity index (χ3v) is 5.40. The number of imide groups is 1. The van der Waals surface area contributed by atoms with Gasteiger partial charge in [-0.1, -0.05) is 30.3 Å². The zero-order valence-electron chi connectivity index (χ0n) is 18.9. The monoisotopic (exact) mass is 432 g/mol. The minimum atomic E-state index is -0.835. The van der Waals surface area contributed by atoms with Gasteiger partial charge in [0.1, 0.15) is 17.9 Å². The van der Waals surface area contributed by atoms with Crippen LogP contribution in [0.4, 0.5) is 9.59 Å². The van der Waals surface area contributed by atoms with Crippen molar-refractivity contribution in [2.24, 2.45) is 0 Å². The standard InChI is InChI=1S/C23H32N2O6/c1-22(2,3)31-21(28)25-17(15-30-23(25,4)5)11-12-19(26)24-18(14-29-20(24)27)13-16-9-7-6-8-10-16/h6-10,17-18H,11-15H2,1-5H3/t17-,18+/m1/s1. The summed E-state index contributed by atoms with van der Waals surface area (Å²) in [4.78, 5) is 40.7. The maximum absolute atomic E-state index is 12.9. The first-order valence-electron chi connectivity index (χ1n) is 10.7. The van der Waals surface area contributed by atoms with E-state index in [-0.39, 0.29) is 31.0 Å². The highest BCUT2D eigenvalue weighted by Gasteiger charge is 2.46. The van der Waals surface area contributed by atoms with Crippen molar-refractivity contribution in [2.75, 3.05) is 13.2 Å². The van der Waals surface area contributed by atoms with Gasteiger partial charge in [0.05, 0.1) is 18.7 Å². The Morgan fingerprint density at radius 3 is 2.45 bits per heavy atom. The Bertz CT molecular complexity index is 817. The Hall–Kier alpha value is -2.61. The van der Waals surface area contributed by atoms with E-state index >= 15 is 0 Å². The highest BCUT2D eigenvalue weighted by molar-refractivity contribution is 5.93. The van der Waals surface area contributed by atoms with Crippen LogP contribution >= 0.6 is 0 Å². The van der Waals surface area contributed by atoms with Crippen LogP contribution in [0.25, 0.3) is 0 Å². The van der Waals surface area contributed by atoms with E-state index in [4.69, 9.17) is 14.2 Å². The fourth-order valence-electron chi connectivity index (χ4n) is 3.99. The third-order valence-electron chi connectivity index (χ3n) is 5.40. The fourth-order valence-corrected chi connectivity index (χ4v) is 3.99. The van der Waals surface area contributed by atoms with E-state index in [1.807, 2.05) is 30.3 Å². The zero-order chi connectivity index (χ0) is 22.8. The summed E-state index contributed by atoms with van der Waals surface area (Å²) in [6.07, 6.45) is -0.0809. The van der Waals surface area contributed by atoms with Crippen molar-refractivity contribution in [1.82, 2.24) is 9.80 Å². The molecule has 0 saturated carbocycles. The predicted molar refractivity (Wildman–Crippen MR) is 113 cm³/mol. The van der Waals surface area contributed by atoms with Crippen LogP contribution in [-0.2, 0) is 25.4 Å². The molecule has 2 atom stereocenters. The summed E-state index contributed by atoms with van der Waals surface area (Å²) in [5.41, 5.74) is -0.441. The molecule has 3 amide bonds. The largest absolute Gasteiger partial charge is 0.447 e. The Kier molecular flexibility index (Phi) is 6.59. The molecule has 1 aromatic carbocycles. The number of cyclic esters (lactones) is 1. The number of rotatable bonds is 5. The van der Waals surface area contributed by atoms with Gasteiger partial charge in [-0.05, 0) is 53.0 Å². The average molecular weight is 433 g/mol. The van der Waals surface area contributed by atoms with E-state index in [9.17, 15) is 14.4 Å². The minimum Gasteiger partial charge on any atom is -0.447 e. The van der Waals surface area contributed by atoms with Crippen LogP contribution in [0.5, 0.6) is 0 Å². The summed E-state index contributed by atoms with van der Waals surface area (Å²) in [7, 11) is 0. The highest BCUT2D eigenvalue weighted by atomic mass is 16.6. The number of carbonyl (C=O) groups excluding carboxylic acids is 3. The molecule has 1 aromatic rings. The number of hydrogen-bond acceptors (Lipinski definition) is 6. The molecule has 2 fully saturated rings. The number of amides is 3. The molecule has 31 heavy (non-hydrogen) atoms. The summed E-state index contributed by atoms with van der Waals surface area (Å²) in [5.74, 6) is -0.308. The van der Waals surface area contributed by atoms with E-state index in [0.717, 1.165) is 5.56 Å². The van der Waals surface area contributed by atoms with Crippen molar-refractivity contribution < 1.29 is 28.6 Å². The fraction of sp³-hybridized carbons (Fsp3) is 0.609. The maximum Gasteiger partial charge on any atom is 0.416 e. The lowest BCUT2D eigenvalue weighted by Crippen LogP contribution is -2.50. The van der Waals surface area contributed by atoms with Gasteiger partial charge in [0.25, 0.3) is 0 Å². The second kappa shape index (κ2) is 8.86. The normalized spacial score (nSPS) is 23.1. The molecule has 8 heteroatoms. The molecular weight excluding hydrogens is 400 g/mol. The van der Waals surface area contributed by atoms with Crippen molar-refractivity contribution in [2.45, 2.75) is 77.3 Å². The Morgan fingerprint density at radius 1 is 1.13 bits per heavy atom. The Morgan fingerprint density at radius 2 is 1.81 bits per heavy atom. The van der Waals surface area contributed by atoms with Gasteiger partial charge in [-0.3, -0.25) is 9.69 Å². The number of benzene rings is 1. The molecule has 0 N–H and O–H groups in total. The van der Waals surface area contributed by atoms with Gasteiger partial charge in [-0.2, -0.15) is 0 Å². The van der Waals surface area contributed by atoms with Gasteiger partial charge >= 0.3 is 12.2 Å². The number of carbonyl (C=O) groups is 3. The van der Waals surface area contributed by atoms with Crippen LogP contribution in [0.2, 0.25) is 0 Å². The quantitative estimate of drug-likeness (QED) is 0.705. The summed E-state index contributed by atoms with van der Waals surface area (Å²) >= 11 is 0. The van der Waals surface area contributed by atoms with Crippen molar-refractivity contribution in [3.63, 3.8) is 0 Å². The summed E-state index contributed by atoms with van der Waals surface area (Å²) in [6, 6.07) is 9.04. The number of nitrogens with zero attached hydrogens (tertiary/aromatic N) is 2. The van der Waals surface area contributed by atoms with Crippen LogP contribution in [0, 0.1) is 0 Å². The Labute approximate surface area is 183 Å². The van der Waals surface area contributed by atoms with Crippen molar-refractivity contribution in [3.05, 3.63) is 35.9 Å². The molecule has 2 aliphatic rings. The molecule has 0 unspecified atom stereocenters. The molecule has 0 aliphatic carbocycles. The zero-order valence-corrected chi connectivity index (χ0v) is 18.9. The van der Waals surface area contributed by atoms with Crippen LogP contribution in [0.3, 0.4) is 0 Å². The van der Waals surface area contributed by atoms with Gasteiger partial charge in [0, 0.05) is 6.42 Å². The van der Waals surface area contributed by atoms with E-state index in [0.29, 0.717) is 19.4 Å². The number of hydrogen-bond donors (Lipinski definition) is 0. The third kappa shape index (κ3) is 5.55. The molecule has 0 radical (unpaired) electrons. The predicted octanol–water partition coefficient (Wildman–Crippen LogP) is 3.73. The van der Waals surface area contributed by atoms with Crippen molar-refractivity contribution in [1.29, 1.82) is 0 Å². The lowest BCUT2D eigenvalue weighted by molar-refractivity contribution is -0.129. The van der Waals surface area contributed by atoms with E-state index < -0.39 is 23.5 Å². The first-order valence-corrected chi connectivity index (χ1v) is 10.7.